The Balaban J connectivity index is 0.00000108. The van der Waals surface area contributed by atoms with E-state index in [-0.39, 0.29) is 12.4 Å². The second kappa shape index (κ2) is 5.28. The molecular weight excluding hydrogens is 232 g/mol. The number of aromatic nitrogens is 2. The minimum Gasteiger partial charge on any atom is -0.236 e. The number of halogens is 1. The molecule has 0 atom stereocenters. The molecule has 0 saturated heterocycles. The maximum atomic E-state index is 4.67. The van der Waals surface area contributed by atoms with Crippen molar-refractivity contribution >= 4 is 12.4 Å². The van der Waals surface area contributed by atoms with Gasteiger partial charge in [-0.15, -0.1) is 12.4 Å². The quantitative estimate of drug-likeness (QED) is 0.770. The predicted molar refractivity (Wildman–Crippen MR) is 71.4 cm³/mol. The molecule has 1 aromatic heterocycles. The lowest BCUT2D eigenvalue weighted by molar-refractivity contribution is 0.663. The highest BCUT2D eigenvalue weighted by atomic mass is 35.5. The number of rotatable bonds is 1. The van der Waals surface area contributed by atoms with Gasteiger partial charge in [0.15, 0.2) is 5.82 Å². The molecule has 0 unspecified atom stereocenters. The third kappa shape index (κ3) is 2.47. The normalized spacial score (nSPS) is 13.6. The molecule has 0 spiro atoms. The first-order chi connectivity index (χ1) is 7.93. The van der Waals surface area contributed by atoms with Crippen LogP contribution in [0.25, 0.3) is 11.4 Å². The van der Waals surface area contributed by atoms with Gasteiger partial charge in [0.1, 0.15) is 0 Å². The molecule has 0 N–H and O–H groups in total. The molecule has 2 aromatic rings. The van der Waals surface area contributed by atoms with Gasteiger partial charge in [-0.05, 0) is 31.2 Å². The summed E-state index contributed by atoms with van der Waals surface area (Å²) in [4.78, 5) is 9.12. The number of hydrogen-bond acceptors (Lipinski definition) is 2. The molecule has 0 fully saturated rings. The van der Waals surface area contributed by atoms with Gasteiger partial charge < -0.3 is 0 Å². The number of benzene rings is 1. The summed E-state index contributed by atoms with van der Waals surface area (Å²) in [5, 5.41) is 0. The van der Waals surface area contributed by atoms with Gasteiger partial charge in [-0.1, -0.05) is 30.3 Å². The van der Waals surface area contributed by atoms with Crippen molar-refractivity contribution in [3.8, 4) is 11.4 Å². The Labute approximate surface area is 108 Å². The SMILES string of the molecule is Cl.c1ccc(-c2ncc3c(n2)CCCC3)cc1. The van der Waals surface area contributed by atoms with Gasteiger partial charge in [-0.25, -0.2) is 9.97 Å². The van der Waals surface area contributed by atoms with E-state index in [4.69, 9.17) is 0 Å². The molecule has 2 nitrogen and oxygen atoms in total. The van der Waals surface area contributed by atoms with Crippen LogP contribution in [-0.2, 0) is 12.8 Å². The van der Waals surface area contributed by atoms with E-state index in [1.807, 2.05) is 24.4 Å². The molecule has 17 heavy (non-hydrogen) atoms. The summed E-state index contributed by atoms with van der Waals surface area (Å²) in [6.45, 7) is 0. The van der Waals surface area contributed by atoms with Crippen molar-refractivity contribution in [1.29, 1.82) is 0 Å². The topological polar surface area (TPSA) is 25.8 Å². The fourth-order valence-electron chi connectivity index (χ4n) is 2.20. The average Bonchev–Trinajstić information content (AvgIpc) is 2.39. The predicted octanol–water partition coefficient (Wildman–Crippen LogP) is 3.44. The van der Waals surface area contributed by atoms with E-state index in [1.54, 1.807) is 0 Å². The summed E-state index contributed by atoms with van der Waals surface area (Å²) in [5.74, 6) is 0.862. The van der Waals surface area contributed by atoms with Crippen LogP contribution in [0.3, 0.4) is 0 Å². The zero-order valence-corrected chi connectivity index (χ0v) is 10.4. The second-order valence-electron chi connectivity index (χ2n) is 4.24. The van der Waals surface area contributed by atoms with Crippen molar-refractivity contribution in [2.75, 3.05) is 0 Å². The highest BCUT2D eigenvalue weighted by Gasteiger charge is 2.12. The molecule has 0 bridgehead atoms. The van der Waals surface area contributed by atoms with Crippen LogP contribution >= 0.6 is 12.4 Å². The fraction of sp³-hybridized carbons (Fsp3) is 0.286. The molecule has 0 radical (unpaired) electrons. The van der Waals surface area contributed by atoms with Gasteiger partial charge in [-0.2, -0.15) is 0 Å². The largest absolute Gasteiger partial charge is 0.236 e. The van der Waals surface area contributed by atoms with E-state index >= 15 is 0 Å². The molecule has 0 saturated carbocycles. The maximum absolute atomic E-state index is 4.67. The van der Waals surface area contributed by atoms with E-state index in [0.717, 1.165) is 24.2 Å². The molecule has 3 heteroatoms. The van der Waals surface area contributed by atoms with Crippen LogP contribution in [0.5, 0.6) is 0 Å². The van der Waals surface area contributed by atoms with Crippen LogP contribution < -0.4 is 0 Å². The number of fused-ring (bicyclic) bond motifs is 1. The molecule has 1 aromatic carbocycles. The molecule has 88 valence electrons. The van der Waals surface area contributed by atoms with Crippen LogP contribution in [0.2, 0.25) is 0 Å². The average molecular weight is 247 g/mol. The Morgan fingerprint density at radius 2 is 1.71 bits per heavy atom. The molecule has 1 aliphatic rings. The highest BCUT2D eigenvalue weighted by Crippen LogP contribution is 2.21. The minimum absolute atomic E-state index is 0. The summed E-state index contributed by atoms with van der Waals surface area (Å²) < 4.78 is 0. The smallest absolute Gasteiger partial charge is 0.159 e. The summed E-state index contributed by atoms with van der Waals surface area (Å²) in [7, 11) is 0. The third-order valence-corrected chi connectivity index (χ3v) is 3.10. The van der Waals surface area contributed by atoms with Crippen molar-refractivity contribution in [1.82, 2.24) is 9.97 Å². The van der Waals surface area contributed by atoms with Crippen molar-refractivity contribution in [2.24, 2.45) is 0 Å². The number of hydrogen-bond donors (Lipinski definition) is 0. The lowest BCUT2D eigenvalue weighted by Crippen LogP contribution is -2.07. The van der Waals surface area contributed by atoms with Crippen LogP contribution in [0.4, 0.5) is 0 Å². The summed E-state index contributed by atoms with van der Waals surface area (Å²) in [5.41, 5.74) is 3.70. The Morgan fingerprint density at radius 1 is 0.941 bits per heavy atom. The van der Waals surface area contributed by atoms with Crippen LogP contribution in [0.15, 0.2) is 36.5 Å². The fourth-order valence-corrected chi connectivity index (χ4v) is 2.20. The lowest BCUT2D eigenvalue weighted by Gasteiger charge is -2.14. The van der Waals surface area contributed by atoms with E-state index in [1.165, 1.54) is 24.1 Å². The van der Waals surface area contributed by atoms with Crippen LogP contribution in [0.1, 0.15) is 24.1 Å². The van der Waals surface area contributed by atoms with Gasteiger partial charge in [0, 0.05) is 17.5 Å². The Kier molecular flexibility index (Phi) is 3.75. The van der Waals surface area contributed by atoms with Crippen molar-refractivity contribution < 1.29 is 0 Å². The van der Waals surface area contributed by atoms with Crippen molar-refractivity contribution in [2.45, 2.75) is 25.7 Å². The number of aryl methyl sites for hydroxylation is 2. The Hall–Kier alpha value is -1.41. The second-order valence-corrected chi connectivity index (χ2v) is 4.24. The van der Waals surface area contributed by atoms with E-state index in [9.17, 15) is 0 Å². The maximum Gasteiger partial charge on any atom is 0.159 e. The molecule has 0 aliphatic heterocycles. The molecule has 1 heterocycles. The third-order valence-electron chi connectivity index (χ3n) is 3.10. The first-order valence-corrected chi connectivity index (χ1v) is 5.84. The van der Waals surface area contributed by atoms with Gasteiger partial charge >= 0.3 is 0 Å². The van der Waals surface area contributed by atoms with E-state index in [0.29, 0.717) is 0 Å². The van der Waals surface area contributed by atoms with E-state index < -0.39 is 0 Å². The van der Waals surface area contributed by atoms with Crippen molar-refractivity contribution in [3.05, 3.63) is 47.8 Å². The van der Waals surface area contributed by atoms with Gasteiger partial charge in [0.05, 0.1) is 0 Å². The van der Waals surface area contributed by atoms with E-state index in [2.05, 4.69) is 22.1 Å². The number of nitrogens with zero attached hydrogens (tertiary/aromatic N) is 2. The molecular formula is C14H15ClN2. The standard InChI is InChI=1S/C14H14N2.ClH/c1-2-6-11(7-3-1)14-15-10-12-8-4-5-9-13(12)16-14;/h1-3,6-7,10H,4-5,8-9H2;1H. The summed E-state index contributed by atoms with van der Waals surface area (Å²) >= 11 is 0. The van der Waals surface area contributed by atoms with Crippen molar-refractivity contribution in [3.63, 3.8) is 0 Å². The van der Waals surface area contributed by atoms with Gasteiger partial charge in [0.2, 0.25) is 0 Å². The molecule has 0 amide bonds. The minimum atomic E-state index is 0. The Morgan fingerprint density at radius 3 is 2.53 bits per heavy atom. The summed E-state index contributed by atoms with van der Waals surface area (Å²) in [6, 6.07) is 10.2. The highest BCUT2D eigenvalue weighted by molar-refractivity contribution is 5.85. The zero-order valence-electron chi connectivity index (χ0n) is 9.60. The lowest BCUT2D eigenvalue weighted by atomic mass is 9.97. The molecule has 3 rings (SSSR count). The van der Waals surface area contributed by atoms with Crippen LogP contribution in [-0.4, -0.2) is 9.97 Å². The molecule has 1 aliphatic carbocycles. The summed E-state index contributed by atoms with van der Waals surface area (Å²) in [6.07, 6.45) is 6.80. The van der Waals surface area contributed by atoms with Gasteiger partial charge in [0.25, 0.3) is 0 Å². The zero-order chi connectivity index (χ0) is 10.8. The first-order valence-electron chi connectivity index (χ1n) is 5.84. The first kappa shape index (κ1) is 12.1. The Bertz CT molecular complexity index is 497. The monoisotopic (exact) mass is 246 g/mol. The van der Waals surface area contributed by atoms with Crippen LogP contribution in [0, 0.1) is 0 Å². The van der Waals surface area contributed by atoms with Gasteiger partial charge in [-0.3, -0.25) is 0 Å².